The van der Waals surface area contributed by atoms with Crippen LogP contribution in [-0.2, 0) is 0 Å². The number of nitriles is 1. The largest absolute Gasteiger partial charge is 0.293 e. The van der Waals surface area contributed by atoms with Crippen molar-refractivity contribution in [3.05, 3.63) is 34.3 Å². The molecule has 1 atom stereocenters. The van der Waals surface area contributed by atoms with Crippen LogP contribution in [0.3, 0.4) is 0 Å². The predicted octanol–water partition coefficient (Wildman–Crippen LogP) is 3.82. The van der Waals surface area contributed by atoms with Gasteiger partial charge in [0, 0.05) is 10.0 Å². The van der Waals surface area contributed by atoms with Crippen LogP contribution in [-0.4, -0.2) is 5.78 Å². The molecule has 0 fully saturated rings. The summed E-state index contributed by atoms with van der Waals surface area (Å²) in [6.45, 7) is 4.02. The molecule has 0 aliphatic rings. The third-order valence-electron chi connectivity index (χ3n) is 2.32. The molecule has 1 aromatic rings. The summed E-state index contributed by atoms with van der Waals surface area (Å²) in [4.78, 5) is 12.1. The standard InChI is InChI=1S/C13H14BrNO/c1-9(2)7-10(8-15)13(16)11-5-3-4-6-12(11)14/h3-6,9-10H,7H2,1-2H3. The molecule has 0 spiro atoms. The smallest absolute Gasteiger partial charge is 0.181 e. The van der Waals surface area contributed by atoms with E-state index in [1.54, 1.807) is 6.07 Å². The Morgan fingerprint density at radius 2 is 2.06 bits per heavy atom. The molecule has 0 radical (unpaired) electrons. The van der Waals surface area contributed by atoms with E-state index in [4.69, 9.17) is 5.26 Å². The lowest BCUT2D eigenvalue weighted by molar-refractivity contribution is 0.0936. The van der Waals surface area contributed by atoms with Crippen molar-refractivity contribution in [3.63, 3.8) is 0 Å². The normalized spacial score (nSPS) is 12.2. The lowest BCUT2D eigenvalue weighted by Crippen LogP contribution is -2.15. The summed E-state index contributed by atoms with van der Waals surface area (Å²) in [5, 5.41) is 9.01. The number of rotatable bonds is 4. The monoisotopic (exact) mass is 279 g/mol. The first-order valence-corrected chi connectivity index (χ1v) is 6.04. The van der Waals surface area contributed by atoms with E-state index in [2.05, 4.69) is 22.0 Å². The van der Waals surface area contributed by atoms with E-state index >= 15 is 0 Å². The Kier molecular flexibility index (Phi) is 4.70. The highest BCUT2D eigenvalue weighted by Crippen LogP contribution is 2.22. The summed E-state index contributed by atoms with van der Waals surface area (Å²) in [6, 6.07) is 9.31. The number of carbonyl (C=O) groups excluding carboxylic acids is 1. The van der Waals surface area contributed by atoms with Gasteiger partial charge >= 0.3 is 0 Å². The van der Waals surface area contributed by atoms with Crippen molar-refractivity contribution in [1.82, 2.24) is 0 Å². The van der Waals surface area contributed by atoms with Crippen LogP contribution >= 0.6 is 15.9 Å². The fourth-order valence-corrected chi connectivity index (χ4v) is 2.02. The Balaban J connectivity index is 2.93. The van der Waals surface area contributed by atoms with E-state index < -0.39 is 5.92 Å². The molecule has 0 saturated carbocycles. The molecule has 0 N–H and O–H groups in total. The van der Waals surface area contributed by atoms with Gasteiger partial charge in [0.25, 0.3) is 0 Å². The number of Topliss-reactive ketones (excluding diaryl/α,β-unsaturated/α-hetero) is 1. The SMILES string of the molecule is CC(C)CC(C#N)C(=O)c1ccccc1Br. The topological polar surface area (TPSA) is 40.9 Å². The van der Waals surface area contributed by atoms with Gasteiger partial charge in [-0.2, -0.15) is 5.26 Å². The van der Waals surface area contributed by atoms with E-state index in [1.165, 1.54) is 0 Å². The quantitative estimate of drug-likeness (QED) is 0.787. The minimum absolute atomic E-state index is 0.0938. The van der Waals surface area contributed by atoms with Crippen molar-refractivity contribution in [1.29, 1.82) is 5.26 Å². The van der Waals surface area contributed by atoms with Gasteiger partial charge in [0.1, 0.15) is 5.92 Å². The molecule has 0 aliphatic carbocycles. The molecule has 16 heavy (non-hydrogen) atoms. The molecule has 84 valence electrons. The zero-order chi connectivity index (χ0) is 12.1. The number of nitrogens with zero attached hydrogens (tertiary/aromatic N) is 1. The highest BCUT2D eigenvalue weighted by molar-refractivity contribution is 9.10. The highest BCUT2D eigenvalue weighted by atomic mass is 79.9. The van der Waals surface area contributed by atoms with Gasteiger partial charge in [-0.25, -0.2) is 0 Å². The highest BCUT2D eigenvalue weighted by Gasteiger charge is 2.22. The van der Waals surface area contributed by atoms with Crippen molar-refractivity contribution < 1.29 is 4.79 Å². The second-order valence-corrected chi connectivity index (χ2v) is 5.01. The van der Waals surface area contributed by atoms with Gasteiger partial charge < -0.3 is 0 Å². The molecule has 0 aromatic heterocycles. The van der Waals surface area contributed by atoms with Crippen molar-refractivity contribution >= 4 is 21.7 Å². The maximum atomic E-state index is 12.1. The number of carbonyl (C=O) groups is 1. The van der Waals surface area contributed by atoms with Crippen LogP contribution in [0.1, 0.15) is 30.6 Å². The molecular weight excluding hydrogens is 266 g/mol. The first-order chi connectivity index (χ1) is 7.56. The first kappa shape index (κ1) is 12.9. The summed E-state index contributed by atoms with van der Waals surface area (Å²) in [5.74, 6) is -0.293. The van der Waals surface area contributed by atoms with Crippen LogP contribution in [0, 0.1) is 23.2 Å². The summed E-state index contributed by atoms with van der Waals surface area (Å²) < 4.78 is 0.754. The first-order valence-electron chi connectivity index (χ1n) is 5.24. The Morgan fingerprint density at radius 3 is 2.56 bits per heavy atom. The van der Waals surface area contributed by atoms with Crippen LogP contribution < -0.4 is 0 Å². The molecule has 0 heterocycles. The van der Waals surface area contributed by atoms with Crippen molar-refractivity contribution in [2.24, 2.45) is 11.8 Å². The fraction of sp³-hybridized carbons (Fsp3) is 0.385. The summed E-state index contributed by atoms with van der Waals surface area (Å²) >= 11 is 3.33. The summed E-state index contributed by atoms with van der Waals surface area (Å²) in [6.07, 6.45) is 0.608. The lowest BCUT2D eigenvalue weighted by Gasteiger charge is -2.11. The third kappa shape index (κ3) is 3.18. The van der Waals surface area contributed by atoms with Gasteiger partial charge in [0.2, 0.25) is 0 Å². The van der Waals surface area contributed by atoms with Crippen LogP contribution in [0.4, 0.5) is 0 Å². The molecule has 0 aliphatic heterocycles. The molecule has 2 nitrogen and oxygen atoms in total. The molecule has 3 heteroatoms. The predicted molar refractivity (Wildman–Crippen MR) is 67.0 cm³/mol. The second kappa shape index (κ2) is 5.81. The Morgan fingerprint density at radius 1 is 1.44 bits per heavy atom. The summed E-state index contributed by atoms with van der Waals surface area (Å²) in [7, 11) is 0. The number of benzene rings is 1. The van der Waals surface area contributed by atoms with Gasteiger partial charge in [0.05, 0.1) is 6.07 Å². The lowest BCUT2D eigenvalue weighted by atomic mass is 9.91. The van der Waals surface area contributed by atoms with E-state index in [1.807, 2.05) is 32.0 Å². The van der Waals surface area contributed by atoms with E-state index in [0.29, 0.717) is 17.9 Å². The average Bonchev–Trinajstić information content (AvgIpc) is 2.25. The van der Waals surface area contributed by atoms with Gasteiger partial charge in [0.15, 0.2) is 5.78 Å². The van der Waals surface area contributed by atoms with Gasteiger partial charge in [-0.15, -0.1) is 0 Å². The number of hydrogen-bond donors (Lipinski definition) is 0. The van der Waals surface area contributed by atoms with Crippen molar-refractivity contribution in [2.45, 2.75) is 20.3 Å². The van der Waals surface area contributed by atoms with Crippen LogP contribution in [0.15, 0.2) is 28.7 Å². The van der Waals surface area contributed by atoms with Gasteiger partial charge in [-0.05, 0) is 18.4 Å². The molecule has 1 aromatic carbocycles. The van der Waals surface area contributed by atoms with E-state index in [0.717, 1.165) is 4.47 Å². The van der Waals surface area contributed by atoms with Crippen LogP contribution in [0.5, 0.6) is 0 Å². The Bertz CT molecular complexity index is 420. The minimum Gasteiger partial charge on any atom is -0.293 e. The van der Waals surface area contributed by atoms with Gasteiger partial charge in [-0.1, -0.05) is 48.0 Å². The van der Waals surface area contributed by atoms with Crippen LogP contribution in [0.2, 0.25) is 0 Å². The average molecular weight is 280 g/mol. The molecule has 0 saturated heterocycles. The molecular formula is C13H14BrNO. The molecule has 1 unspecified atom stereocenters. The number of ketones is 1. The number of halogens is 1. The third-order valence-corrected chi connectivity index (χ3v) is 3.01. The molecule has 0 amide bonds. The van der Waals surface area contributed by atoms with Crippen molar-refractivity contribution in [3.8, 4) is 6.07 Å². The summed E-state index contributed by atoms with van der Waals surface area (Å²) in [5.41, 5.74) is 0.592. The maximum absolute atomic E-state index is 12.1. The van der Waals surface area contributed by atoms with Crippen molar-refractivity contribution in [2.75, 3.05) is 0 Å². The van der Waals surface area contributed by atoms with E-state index in [-0.39, 0.29) is 5.78 Å². The molecule has 1 rings (SSSR count). The fourth-order valence-electron chi connectivity index (χ4n) is 1.54. The zero-order valence-corrected chi connectivity index (χ0v) is 11.0. The zero-order valence-electron chi connectivity index (χ0n) is 9.40. The molecule has 0 bridgehead atoms. The second-order valence-electron chi connectivity index (χ2n) is 4.16. The Hall–Kier alpha value is -1.14. The minimum atomic E-state index is -0.543. The van der Waals surface area contributed by atoms with Crippen LogP contribution in [0.25, 0.3) is 0 Å². The van der Waals surface area contributed by atoms with E-state index in [9.17, 15) is 4.79 Å². The number of hydrogen-bond acceptors (Lipinski definition) is 2. The maximum Gasteiger partial charge on any atom is 0.181 e. The Labute approximate surface area is 104 Å². The van der Waals surface area contributed by atoms with Gasteiger partial charge in [-0.3, -0.25) is 4.79 Å².